The van der Waals surface area contributed by atoms with E-state index in [-0.39, 0.29) is 18.2 Å². The molecule has 7 heteroatoms. The quantitative estimate of drug-likeness (QED) is 0.640. The number of nitrogens with one attached hydrogen (secondary N) is 2. The monoisotopic (exact) mass is 326 g/mol. The summed E-state index contributed by atoms with van der Waals surface area (Å²) in [6.45, 7) is 5.95. The van der Waals surface area contributed by atoms with Gasteiger partial charge < -0.3 is 15.7 Å². The highest BCUT2D eigenvalue weighted by molar-refractivity contribution is 7.16. The van der Waals surface area contributed by atoms with Crippen molar-refractivity contribution in [2.75, 3.05) is 11.9 Å². The van der Waals surface area contributed by atoms with Crippen molar-refractivity contribution in [2.24, 2.45) is 0 Å². The standard InChI is InChI=1S/C15H22N2O4S/c1-4-6-11(18)17-15-13(9(2)10(3)22-15)14(21)16-8-5-7-12(19)20/h4-8H2,1-3H3,(H,16,21)(H,17,18)(H,19,20). The third-order valence-corrected chi connectivity index (χ3v) is 4.32. The number of carboxylic acids is 1. The van der Waals surface area contributed by atoms with Gasteiger partial charge in [-0.3, -0.25) is 14.4 Å². The smallest absolute Gasteiger partial charge is 0.303 e. The zero-order valence-electron chi connectivity index (χ0n) is 13.1. The second-order valence-corrected chi connectivity index (χ2v) is 6.26. The van der Waals surface area contributed by atoms with Gasteiger partial charge >= 0.3 is 5.97 Å². The maximum atomic E-state index is 12.3. The molecule has 0 spiro atoms. The van der Waals surface area contributed by atoms with E-state index in [0.717, 1.165) is 16.9 Å². The predicted octanol–water partition coefficient (Wildman–Crippen LogP) is 2.70. The van der Waals surface area contributed by atoms with Crippen molar-refractivity contribution < 1.29 is 19.5 Å². The van der Waals surface area contributed by atoms with Gasteiger partial charge in [0.1, 0.15) is 5.00 Å². The van der Waals surface area contributed by atoms with E-state index in [2.05, 4.69) is 10.6 Å². The SMILES string of the molecule is CCCC(=O)Nc1sc(C)c(C)c1C(=O)NCCCC(=O)O. The molecule has 0 saturated carbocycles. The summed E-state index contributed by atoms with van der Waals surface area (Å²) in [7, 11) is 0. The molecule has 0 bridgehead atoms. The number of thiophene rings is 1. The van der Waals surface area contributed by atoms with Gasteiger partial charge in [-0.15, -0.1) is 11.3 Å². The molecule has 3 N–H and O–H groups in total. The molecule has 1 heterocycles. The van der Waals surface area contributed by atoms with Crippen LogP contribution in [0.25, 0.3) is 0 Å². The first-order valence-corrected chi connectivity index (χ1v) is 8.08. The van der Waals surface area contributed by atoms with Crippen molar-refractivity contribution in [2.45, 2.75) is 46.5 Å². The Labute approximate surface area is 133 Å². The molecular formula is C15H22N2O4S. The summed E-state index contributed by atoms with van der Waals surface area (Å²) in [5, 5.41) is 14.6. The van der Waals surface area contributed by atoms with Crippen molar-refractivity contribution in [3.63, 3.8) is 0 Å². The lowest BCUT2D eigenvalue weighted by Gasteiger charge is -2.08. The fourth-order valence-electron chi connectivity index (χ4n) is 1.93. The van der Waals surface area contributed by atoms with Crippen LogP contribution in [0.1, 0.15) is 53.4 Å². The van der Waals surface area contributed by atoms with Gasteiger partial charge in [0.05, 0.1) is 5.56 Å². The summed E-state index contributed by atoms with van der Waals surface area (Å²) in [6, 6.07) is 0. The van der Waals surface area contributed by atoms with Gasteiger partial charge in [0, 0.05) is 24.3 Å². The van der Waals surface area contributed by atoms with Gasteiger partial charge in [-0.05, 0) is 32.3 Å². The van der Waals surface area contributed by atoms with Crippen molar-refractivity contribution in [3.05, 3.63) is 16.0 Å². The van der Waals surface area contributed by atoms with Crippen molar-refractivity contribution in [1.29, 1.82) is 0 Å². The number of rotatable bonds is 8. The number of carbonyl (C=O) groups is 3. The van der Waals surface area contributed by atoms with Gasteiger partial charge in [0.2, 0.25) is 5.91 Å². The summed E-state index contributed by atoms with van der Waals surface area (Å²) in [5.74, 6) is -1.27. The molecule has 1 aromatic heterocycles. The van der Waals surface area contributed by atoms with Gasteiger partial charge in [-0.2, -0.15) is 0 Å². The Hall–Kier alpha value is -1.89. The van der Waals surface area contributed by atoms with Crippen LogP contribution in [-0.2, 0) is 9.59 Å². The molecule has 0 aliphatic heterocycles. The summed E-state index contributed by atoms with van der Waals surface area (Å²) >= 11 is 1.38. The van der Waals surface area contributed by atoms with E-state index in [1.54, 1.807) is 0 Å². The Morgan fingerprint density at radius 3 is 2.45 bits per heavy atom. The van der Waals surface area contributed by atoms with Crippen LogP contribution in [0.5, 0.6) is 0 Å². The number of amides is 2. The number of hydrogen-bond donors (Lipinski definition) is 3. The lowest BCUT2D eigenvalue weighted by molar-refractivity contribution is -0.137. The highest BCUT2D eigenvalue weighted by atomic mass is 32.1. The molecule has 0 radical (unpaired) electrons. The number of carboxylic acid groups (broad SMARTS) is 1. The highest BCUT2D eigenvalue weighted by Crippen LogP contribution is 2.32. The van der Waals surface area contributed by atoms with E-state index in [1.165, 1.54) is 11.3 Å². The van der Waals surface area contributed by atoms with Crippen LogP contribution in [-0.4, -0.2) is 29.4 Å². The van der Waals surface area contributed by atoms with E-state index >= 15 is 0 Å². The van der Waals surface area contributed by atoms with E-state index in [9.17, 15) is 14.4 Å². The van der Waals surface area contributed by atoms with Crippen LogP contribution in [0.15, 0.2) is 0 Å². The Morgan fingerprint density at radius 1 is 1.18 bits per heavy atom. The number of carbonyl (C=O) groups excluding carboxylic acids is 2. The lowest BCUT2D eigenvalue weighted by Crippen LogP contribution is -2.26. The number of aliphatic carboxylic acids is 1. The second kappa shape index (κ2) is 8.53. The number of anilines is 1. The molecule has 2 amide bonds. The fourth-order valence-corrected chi connectivity index (χ4v) is 3.01. The normalized spacial score (nSPS) is 10.3. The molecule has 0 aliphatic rings. The summed E-state index contributed by atoms with van der Waals surface area (Å²) in [5.41, 5.74) is 1.31. The Balaban J connectivity index is 2.77. The molecule has 0 aromatic carbocycles. The van der Waals surface area contributed by atoms with Crippen LogP contribution in [0.2, 0.25) is 0 Å². The van der Waals surface area contributed by atoms with E-state index < -0.39 is 5.97 Å². The summed E-state index contributed by atoms with van der Waals surface area (Å²) in [6.07, 6.45) is 1.55. The van der Waals surface area contributed by atoms with Crippen molar-refractivity contribution in [3.8, 4) is 0 Å². The van der Waals surface area contributed by atoms with Crippen molar-refractivity contribution >= 4 is 34.1 Å². The number of aryl methyl sites for hydroxylation is 1. The maximum Gasteiger partial charge on any atom is 0.303 e. The molecule has 0 atom stereocenters. The third-order valence-electron chi connectivity index (χ3n) is 3.20. The molecular weight excluding hydrogens is 304 g/mol. The first kappa shape index (κ1) is 18.2. The van der Waals surface area contributed by atoms with Crippen LogP contribution in [0.4, 0.5) is 5.00 Å². The van der Waals surface area contributed by atoms with Gasteiger partial charge in [0.25, 0.3) is 5.91 Å². The molecule has 1 rings (SSSR count). The molecule has 0 unspecified atom stereocenters. The van der Waals surface area contributed by atoms with E-state index in [4.69, 9.17) is 5.11 Å². The molecule has 22 heavy (non-hydrogen) atoms. The molecule has 0 aliphatic carbocycles. The average Bonchev–Trinajstić information content (AvgIpc) is 2.69. The Kier molecular flexibility index (Phi) is 7.04. The van der Waals surface area contributed by atoms with Crippen LogP contribution >= 0.6 is 11.3 Å². The predicted molar refractivity (Wildman–Crippen MR) is 86.5 cm³/mol. The fraction of sp³-hybridized carbons (Fsp3) is 0.533. The Bertz CT molecular complexity index is 566. The molecule has 0 saturated heterocycles. The molecule has 6 nitrogen and oxygen atoms in total. The molecule has 1 aromatic rings. The zero-order valence-corrected chi connectivity index (χ0v) is 13.9. The second-order valence-electron chi connectivity index (χ2n) is 5.04. The average molecular weight is 326 g/mol. The van der Waals surface area contributed by atoms with E-state index in [1.807, 2.05) is 20.8 Å². The number of hydrogen-bond acceptors (Lipinski definition) is 4. The minimum absolute atomic E-state index is 0.0159. The zero-order chi connectivity index (χ0) is 16.7. The lowest BCUT2D eigenvalue weighted by atomic mass is 10.1. The van der Waals surface area contributed by atoms with Gasteiger partial charge in [-0.25, -0.2) is 0 Å². The first-order chi connectivity index (χ1) is 10.4. The first-order valence-electron chi connectivity index (χ1n) is 7.26. The summed E-state index contributed by atoms with van der Waals surface area (Å²) < 4.78 is 0. The van der Waals surface area contributed by atoms with Crippen LogP contribution in [0.3, 0.4) is 0 Å². The van der Waals surface area contributed by atoms with Crippen LogP contribution in [0, 0.1) is 13.8 Å². The summed E-state index contributed by atoms with van der Waals surface area (Å²) in [4.78, 5) is 35.4. The van der Waals surface area contributed by atoms with Crippen molar-refractivity contribution in [1.82, 2.24) is 5.32 Å². The Morgan fingerprint density at radius 2 is 1.86 bits per heavy atom. The topological polar surface area (TPSA) is 95.5 Å². The van der Waals surface area contributed by atoms with Crippen LogP contribution < -0.4 is 10.6 Å². The minimum atomic E-state index is -0.885. The van der Waals surface area contributed by atoms with Gasteiger partial charge in [0.15, 0.2) is 0 Å². The highest BCUT2D eigenvalue weighted by Gasteiger charge is 2.20. The minimum Gasteiger partial charge on any atom is -0.481 e. The largest absolute Gasteiger partial charge is 0.481 e. The third kappa shape index (κ3) is 5.14. The molecule has 122 valence electrons. The molecule has 0 fully saturated rings. The van der Waals surface area contributed by atoms with Gasteiger partial charge in [-0.1, -0.05) is 6.92 Å². The maximum absolute atomic E-state index is 12.3. The van der Waals surface area contributed by atoms with E-state index in [0.29, 0.717) is 30.0 Å².